The number of nitrogens with one attached hydrogen (secondary N) is 1. The number of hydroxylamine groups is 1. The highest BCUT2D eigenvalue weighted by molar-refractivity contribution is 5.91. The normalized spacial score (nSPS) is 12.0. The van der Waals surface area contributed by atoms with Gasteiger partial charge in [-0.15, -0.1) is 0 Å². The van der Waals surface area contributed by atoms with Crippen LogP contribution in [0.25, 0.3) is 22.7 Å². The lowest BCUT2D eigenvalue weighted by Gasteiger charge is -2.18. The molecule has 0 aliphatic carbocycles. The van der Waals surface area contributed by atoms with Gasteiger partial charge in [-0.2, -0.15) is 13.2 Å². The largest absolute Gasteiger partial charge is 0.416 e. The lowest BCUT2D eigenvalue weighted by atomic mass is 10.1. The summed E-state index contributed by atoms with van der Waals surface area (Å²) in [5.74, 6) is -1.50. The molecule has 1 heterocycles. The van der Waals surface area contributed by atoms with Crippen molar-refractivity contribution in [3.05, 3.63) is 75.1 Å². The highest BCUT2D eigenvalue weighted by Crippen LogP contribution is 2.34. The number of nitrogens with zero attached hydrogens (tertiary/aromatic N) is 2. The van der Waals surface area contributed by atoms with E-state index >= 15 is 0 Å². The Morgan fingerprint density at radius 2 is 2.00 bits per heavy atom. The Balaban J connectivity index is 2.32. The van der Waals surface area contributed by atoms with Gasteiger partial charge in [0.1, 0.15) is 11.6 Å². The lowest BCUT2D eigenvalue weighted by molar-refractivity contribution is -0.138. The molecule has 3 rings (SSSR count). The summed E-state index contributed by atoms with van der Waals surface area (Å²) >= 11 is 0. The number of alkyl halides is 3. The number of aromatic nitrogens is 2. The number of fused-ring (bicyclic) bond motifs is 1. The van der Waals surface area contributed by atoms with Crippen LogP contribution in [0.5, 0.6) is 0 Å². The topological polar surface area (TPSA) is 84.2 Å². The zero-order valence-corrected chi connectivity index (χ0v) is 16.4. The summed E-state index contributed by atoms with van der Waals surface area (Å²) < 4.78 is 55.5. The van der Waals surface area contributed by atoms with Crippen molar-refractivity contribution in [3.8, 4) is 5.69 Å². The van der Waals surface area contributed by atoms with Crippen LogP contribution in [-0.4, -0.2) is 20.7 Å². The van der Waals surface area contributed by atoms with Gasteiger partial charge in [0.2, 0.25) is 0 Å². The molecule has 10 heteroatoms. The van der Waals surface area contributed by atoms with Crippen LogP contribution in [0.3, 0.4) is 0 Å². The Kier molecular flexibility index (Phi) is 5.94. The summed E-state index contributed by atoms with van der Waals surface area (Å²) in [4.78, 5) is 28.7. The van der Waals surface area contributed by atoms with E-state index < -0.39 is 29.0 Å². The molecule has 6 nitrogen and oxygen atoms in total. The number of amides is 1. The van der Waals surface area contributed by atoms with Gasteiger partial charge >= 0.3 is 6.18 Å². The number of rotatable bonds is 4. The molecule has 0 saturated heterocycles. The molecule has 0 aliphatic rings. The molecule has 1 amide bonds. The average molecular weight is 435 g/mol. The van der Waals surface area contributed by atoms with E-state index in [1.165, 1.54) is 24.5 Å². The third-order valence-corrected chi connectivity index (χ3v) is 4.75. The van der Waals surface area contributed by atoms with E-state index in [2.05, 4.69) is 4.98 Å². The molecule has 162 valence electrons. The van der Waals surface area contributed by atoms with Crippen LogP contribution in [0, 0.1) is 12.7 Å². The molecule has 0 fully saturated rings. The molecule has 0 spiro atoms. The second-order valence-corrected chi connectivity index (χ2v) is 6.67. The molecule has 0 unspecified atom stereocenters. The van der Waals surface area contributed by atoms with Crippen LogP contribution in [0.4, 0.5) is 17.6 Å². The Morgan fingerprint density at radius 1 is 1.29 bits per heavy atom. The van der Waals surface area contributed by atoms with Crippen molar-refractivity contribution in [3.63, 3.8) is 0 Å². The SMILES string of the molecule is CCc1nc2cc(F)c(/C=C/C(=O)NO)cc2c(=O)n1-c1cccc(C(F)(F)F)c1C. The van der Waals surface area contributed by atoms with E-state index in [-0.39, 0.29) is 40.0 Å². The monoisotopic (exact) mass is 435 g/mol. The highest BCUT2D eigenvalue weighted by Gasteiger charge is 2.33. The van der Waals surface area contributed by atoms with Crippen LogP contribution < -0.4 is 11.0 Å². The molecule has 0 aliphatic heterocycles. The summed E-state index contributed by atoms with van der Waals surface area (Å²) in [5, 5.41) is 8.49. The van der Waals surface area contributed by atoms with Gasteiger partial charge in [-0.1, -0.05) is 13.0 Å². The lowest BCUT2D eigenvalue weighted by Crippen LogP contribution is -2.25. The number of hydrogen-bond acceptors (Lipinski definition) is 4. The Morgan fingerprint density at radius 3 is 2.61 bits per heavy atom. The third-order valence-electron chi connectivity index (χ3n) is 4.75. The predicted molar refractivity (Wildman–Crippen MR) is 105 cm³/mol. The first-order chi connectivity index (χ1) is 14.6. The molecule has 0 bridgehead atoms. The maximum Gasteiger partial charge on any atom is 0.416 e. The van der Waals surface area contributed by atoms with Crippen molar-refractivity contribution >= 4 is 22.9 Å². The molecule has 31 heavy (non-hydrogen) atoms. The first-order valence-corrected chi connectivity index (χ1v) is 9.13. The molecular formula is C21H17F4N3O3. The van der Waals surface area contributed by atoms with Crippen molar-refractivity contribution < 1.29 is 27.6 Å². The molecule has 2 N–H and O–H groups in total. The highest BCUT2D eigenvalue weighted by atomic mass is 19.4. The van der Waals surface area contributed by atoms with E-state index in [0.717, 1.165) is 34.9 Å². The molecule has 0 radical (unpaired) electrons. The van der Waals surface area contributed by atoms with E-state index in [4.69, 9.17) is 5.21 Å². The van der Waals surface area contributed by atoms with Crippen molar-refractivity contribution in [2.24, 2.45) is 0 Å². The van der Waals surface area contributed by atoms with E-state index in [9.17, 15) is 27.2 Å². The van der Waals surface area contributed by atoms with E-state index in [1.807, 2.05) is 0 Å². The van der Waals surface area contributed by atoms with E-state index in [0.29, 0.717) is 0 Å². The second-order valence-electron chi connectivity index (χ2n) is 6.67. The summed E-state index contributed by atoms with van der Waals surface area (Å²) in [6.45, 7) is 2.94. The minimum atomic E-state index is -4.60. The molecule has 0 saturated carbocycles. The van der Waals surface area contributed by atoms with Gasteiger partial charge in [-0.05, 0) is 36.8 Å². The predicted octanol–water partition coefficient (Wildman–Crippen LogP) is 3.93. The first-order valence-electron chi connectivity index (χ1n) is 9.13. The molecule has 3 aromatic rings. The van der Waals surface area contributed by atoms with Crippen LogP contribution in [0.15, 0.2) is 41.2 Å². The smallest absolute Gasteiger partial charge is 0.288 e. The summed E-state index contributed by atoms with van der Waals surface area (Å²) in [5.41, 5.74) is -0.424. The number of carbonyl (C=O) groups excluding carboxylic acids is 1. The zero-order chi connectivity index (χ0) is 22.9. The van der Waals surface area contributed by atoms with Gasteiger partial charge in [-0.25, -0.2) is 14.9 Å². The molecular weight excluding hydrogens is 418 g/mol. The second kappa shape index (κ2) is 8.31. The van der Waals surface area contributed by atoms with Gasteiger partial charge in [0.15, 0.2) is 0 Å². The Bertz CT molecular complexity index is 1260. The Labute approximate surface area is 173 Å². The minimum Gasteiger partial charge on any atom is -0.288 e. The molecule has 1 aromatic heterocycles. The van der Waals surface area contributed by atoms with Crippen LogP contribution >= 0.6 is 0 Å². The fourth-order valence-electron chi connectivity index (χ4n) is 3.26. The minimum absolute atomic E-state index is 0.0205. The van der Waals surface area contributed by atoms with Crippen LogP contribution in [-0.2, 0) is 17.4 Å². The van der Waals surface area contributed by atoms with Gasteiger partial charge in [0, 0.05) is 24.1 Å². The third kappa shape index (κ3) is 4.19. The van der Waals surface area contributed by atoms with Crippen molar-refractivity contribution in [2.45, 2.75) is 26.4 Å². The van der Waals surface area contributed by atoms with E-state index in [1.54, 1.807) is 6.92 Å². The van der Waals surface area contributed by atoms with Gasteiger partial charge in [0.05, 0.1) is 22.2 Å². The summed E-state index contributed by atoms with van der Waals surface area (Å²) in [6.07, 6.45) is -2.49. The number of benzene rings is 2. The number of aryl methyl sites for hydroxylation is 1. The van der Waals surface area contributed by atoms with Gasteiger partial charge < -0.3 is 0 Å². The maximum absolute atomic E-state index is 14.4. The maximum atomic E-state index is 14.4. The molecule has 2 aromatic carbocycles. The quantitative estimate of drug-likeness (QED) is 0.282. The van der Waals surface area contributed by atoms with Crippen LogP contribution in [0.1, 0.15) is 29.4 Å². The zero-order valence-electron chi connectivity index (χ0n) is 16.4. The average Bonchev–Trinajstić information content (AvgIpc) is 2.71. The number of hydrogen-bond donors (Lipinski definition) is 2. The van der Waals surface area contributed by atoms with Crippen molar-refractivity contribution in [1.82, 2.24) is 15.0 Å². The van der Waals surface area contributed by atoms with Crippen molar-refractivity contribution in [1.29, 1.82) is 0 Å². The fraction of sp³-hybridized carbons (Fsp3) is 0.190. The fourth-order valence-corrected chi connectivity index (χ4v) is 3.26. The van der Waals surface area contributed by atoms with Gasteiger partial charge in [0.25, 0.3) is 11.5 Å². The summed E-state index contributed by atoms with van der Waals surface area (Å²) in [6, 6.07) is 5.67. The summed E-state index contributed by atoms with van der Waals surface area (Å²) in [7, 11) is 0. The number of halogens is 4. The van der Waals surface area contributed by atoms with Crippen LogP contribution in [0.2, 0.25) is 0 Å². The molecule has 0 atom stereocenters. The van der Waals surface area contributed by atoms with Crippen molar-refractivity contribution in [2.75, 3.05) is 0 Å². The van der Waals surface area contributed by atoms with Gasteiger partial charge in [-0.3, -0.25) is 19.4 Å². The standard InChI is InChI=1S/C21H17F4N3O3/c1-3-18-26-16-10-15(22)12(7-8-19(29)27-31)9-13(16)20(30)28(18)17-6-4-5-14(11(17)2)21(23,24)25/h4-10,31H,3H2,1-2H3,(H,27,29)/b8-7+. The Hall–Kier alpha value is -3.53. The number of carbonyl (C=O) groups is 1. The first kappa shape index (κ1) is 22.2.